The molecule has 0 spiro atoms. The van der Waals surface area contributed by atoms with Crippen molar-refractivity contribution in [2.75, 3.05) is 4.72 Å². The van der Waals surface area contributed by atoms with Gasteiger partial charge in [-0.05, 0) is 31.5 Å². The van der Waals surface area contributed by atoms with Crippen molar-refractivity contribution in [2.24, 2.45) is 5.73 Å². The monoisotopic (exact) mass is 281 g/mol. The van der Waals surface area contributed by atoms with Crippen molar-refractivity contribution in [2.45, 2.75) is 24.8 Å². The summed E-state index contributed by atoms with van der Waals surface area (Å²) >= 11 is 0. The first-order valence-corrected chi connectivity index (χ1v) is 7.17. The number of aryl methyl sites for hydroxylation is 1. The first-order valence-electron chi connectivity index (χ1n) is 5.69. The van der Waals surface area contributed by atoms with E-state index in [1.54, 1.807) is 19.1 Å². The third-order valence-electron chi connectivity index (χ3n) is 2.56. The third-order valence-corrected chi connectivity index (χ3v) is 3.89. The van der Waals surface area contributed by atoms with E-state index in [0.717, 1.165) is 5.56 Å². The molecule has 6 nitrogen and oxygen atoms in total. The Kier molecular flexibility index (Phi) is 3.59. The molecule has 0 aliphatic heterocycles. The van der Waals surface area contributed by atoms with E-state index in [1.165, 1.54) is 18.4 Å². The molecule has 0 aliphatic carbocycles. The highest BCUT2D eigenvalue weighted by atomic mass is 32.2. The summed E-state index contributed by atoms with van der Waals surface area (Å²) < 4.78 is 31.3. The normalized spacial score (nSPS) is 13.2. The zero-order chi connectivity index (χ0) is 14.0. The maximum atomic E-state index is 12.0. The molecule has 1 aromatic carbocycles. The van der Waals surface area contributed by atoms with Gasteiger partial charge >= 0.3 is 6.01 Å². The molecule has 2 aromatic rings. The van der Waals surface area contributed by atoms with E-state index < -0.39 is 10.0 Å². The van der Waals surface area contributed by atoms with Crippen LogP contribution in [0.15, 0.2) is 39.8 Å². The third kappa shape index (κ3) is 3.12. The lowest BCUT2D eigenvalue weighted by Gasteiger charge is -2.07. The first-order chi connectivity index (χ1) is 8.88. The molecule has 7 heteroatoms. The Balaban J connectivity index is 2.24. The van der Waals surface area contributed by atoms with Gasteiger partial charge in [-0.15, -0.1) is 0 Å². The minimum atomic E-state index is -3.69. The molecule has 0 aliphatic rings. The lowest BCUT2D eigenvalue weighted by atomic mass is 10.1. The standard InChI is InChI=1S/C12H15N3O3S/c1-8-7-18-12(14-8)15-19(16,17)11-5-3-10(4-6-11)9(2)13/h3-7,9H,13H2,1-2H3,(H,14,15). The van der Waals surface area contributed by atoms with E-state index in [2.05, 4.69) is 9.71 Å². The van der Waals surface area contributed by atoms with Crippen molar-refractivity contribution in [3.63, 3.8) is 0 Å². The van der Waals surface area contributed by atoms with Crippen molar-refractivity contribution in [3.05, 3.63) is 41.8 Å². The maximum Gasteiger partial charge on any atom is 0.309 e. The van der Waals surface area contributed by atoms with Crippen LogP contribution in [0.4, 0.5) is 6.01 Å². The fourth-order valence-corrected chi connectivity index (χ4v) is 2.46. The fraction of sp³-hybridized carbons (Fsp3) is 0.250. The van der Waals surface area contributed by atoms with Crippen molar-refractivity contribution >= 4 is 16.0 Å². The molecule has 0 saturated heterocycles. The summed E-state index contributed by atoms with van der Waals surface area (Å²) in [5.74, 6) is 0. The van der Waals surface area contributed by atoms with Crippen LogP contribution in [0.1, 0.15) is 24.2 Å². The van der Waals surface area contributed by atoms with Gasteiger partial charge in [0.15, 0.2) is 0 Å². The number of aromatic nitrogens is 1. The second-order valence-electron chi connectivity index (χ2n) is 4.26. The van der Waals surface area contributed by atoms with E-state index in [4.69, 9.17) is 10.2 Å². The quantitative estimate of drug-likeness (QED) is 0.890. The summed E-state index contributed by atoms with van der Waals surface area (Å²) in [6.45, 7) is 3.54. The number of anilines is 1. The van der Waals surface area contributed by atoms with Gasteiger partial charge in [0.1, 0.15) is 6.26 Å². The number of hydrogen-bond donors (Lipinski definition) is 2. The molecule has 0 radical (unpaired) electrons. The van der Waals surface area contributed by atoms with Gasteiger partial charge < -0.3 is 10.2 Å². The summed E-state index contributed by atoms with van der Waals surface area (Å²) in [7, 11) is -3.69. The van der Waals surface area contributed by atoms with Gasteiger partial charge in [0, 0.05) is 6.04 Å². The highest BCUT2D eigenvalue weighted by Crippen LogP contribution is 2.18. The predicted octanol–water partition coefficient (Wildman–Crippen LogP) is 1.80. The Hall–Kier alpha value is -1.86. The number of oxazole rings is 1. The summed E-state index contributed by atoms with van der Waals surface area (Å²) in [5, 5.41) is 0. The molecular weight excluding hydrogens is 266 g/mol. The Labute approximate surface area is 111 Å². The molecule has 1 unspecified atom stereocenters. The summed E-state index contributed by atoms with van der Waals surface area (Å²) in [5.41, 5.74) is 7.18. The number of benzene rings is 1. The highest BCUT2D eigenvalue weighted by Gasteiger charge is 2.17. The Morgan fingerprint density at radius 3 is 2.42 bits per heavy atom. The van der Waals surface area contributed by atoms with Gasteiger partial charge in [-0.1, -0.05) is 12.1 Å². The van der Waals surface area contributed by atoms with Crippen LogP contribution in [-0.2, 0) is 10.0 Å². The van der Waals surface area contributed by atoms with E-state index in [0.29, 0.717) is 5.69 Å². The Bertz CT molecular complexity index is 660. The van der Waals surface area contributed by atoms with Crippen LogP contribution in [0.2, 0.25) is 0 Å². The van der Waals surface area contributed by atoms with Crippen LogP contribution in [0.3, 0.4) is 0 Å². The molecule has 2 rings (SSSR count). The van der Waals surface area contributed by atoms with E-state index in [9.17, 15) is 8.42 Å². The van der Waals surface area contributed by atoms with Crippen LogP contribution in [-0.4, -0.2) is 13.4 Å². The molecular formula is C12H15N3O3S. The number of sulfonamides is 1. The van der Waals surface area contributed by atoms with Gasteiger partial charge in [0.2, 0.25) is 0 Å². The first kappa shape index (κ1) is 13.6. The topological polar surface area (TPSA) is 98.2 Å². The van der Waals surface area contributed by atoms with Crippen LogP contribution in [0, 0.1) is 6.92 Å². The largest absolute Gasteiger partial charge is 0.431 e. The minimum absolute atomic E-state index is 0.0474. The van der Waals surface area contributed by atoms with Crippen molar-refractivity contribution < 1.29 is 12.8 Å². The molecule has 1 atom stereocenters. The molecule has 3 N–H and O–H groups in total. The average molecular weight is 281 g/mol. The van der Waals surface area contributed by atoms with Crippen LogP contribution in [0.25, 0.3) is 0 Å². The predicted molar refractivity (Wildman–Crippen MR) is 71.1 cm³/mol. The zero-order valence-corrected chi connectivity index (χ0v) is 11.4. The van der Waals surface area contributed by atoms with Crippen LogP contribution >= 0.6 is 0 Å². The Morgan fingerprint density at radius 2 is 1.95 bits per heavy atom. The molecule has 0 saturated carbocycles. The van der Waals surface area contributed by atoms with Gasteiger partial charge in [-0.2, -0.15) is 4.98 Å². The molecule has 0 bridgehead atoms. The molecule has 102 valence electrons. The number of nitrogens with one attached hydrogen (secondary N) is 1. The second kappa shape index (κ2) is 5.02. The van der Waals surface area contributed by atoms with Gasteiger partial charge in [-0.3, -0.25) is 0 Å². The maximum absolute atomic E-state index is 12.0. The number of nitrogens with zero attached hydrogens (tertiary/aromatic N) is 1. The average Bonchev–Trinajstić information content (AvgIpc) is 2.74. The molecule has 1 heterocycles. The number of rotatable bonds is 4. The Morgan fingerprint density at radius 1 is 1.32 bits per heavy atom. The van der Waals surface area contributed by atoms with Gasteiger partial charge in [-0.25, -0.2) is 13.1 Å². The summed E-state index contributed by atoms with van der Waals surface area (Å²) in [6.07, 6.45) is 1.37. The lowest BCUT2D eigenvalue weighted by Crippen LogP contribution is -2.13. The minimum Gasteiger partial charge on any atom is -0.431 e. The number of nitrogens with two attached hydrogens (primary N) is 1. The van der Waals surface area contributed by atoms with Crippen molar-refractivity contribution in [1.82, 2.24) is 4.98 Å². The molecule has 19 heavy (non-hydrogen) atoms. The SMILES string of the molecule is Cc1coc(NS(=O)(=O)c2ccc(C(C)N)cc2)n1. The summed E-state index contributed by atoms with van der Waals surface area (Å²) in [4.78, 5) is 4.02. The highest BCUT2D eigenvalue weighted by molar-refractivity contribution is 7.92. The van der Waals surface area contributed by atoms with Gasteiger partial charge in [0.05, 0.1) is 10.6 Å². The lowest BCUT2D eigenvalue weighted by molar-refractivity contribution is 0.569. The van der Waals surface area contributed by atoms with Crippen molar-refractivity contribution in [3.8, 4) is 0 Å². The van der Waals surface area contributed by atoms with E-state index in [1.807, 2.05) is 6.92 Å². The molecule has 0 amide bonds. The van der Waals surface area contributed by atoms with Crippen LogP contribution in [0.5, 0.6) is 0 Å². The van der Waals surface area contributed by atoms with E-state index in [-0.39, 0.29) is 17.0 Å². The number of hydrogen-bond acceptors (Lipinski definition) is 5. The smallest absolute Gasteiger partial charge is 0.309 e. The van der Waals surface area contributed by atoms with E-state index >= 15 is 0 Å². The summed E-state index contributed by atoms with van der Waals surface area (Å²) in [6, 6.07) is 6.17. The van der Waals surface area contributed by atoms with Gasteiger partial charge in [0.25, 0.3) is 10.0 Å². The van der Waals surface area contributed by atoms with Crippen molar-refractivity contribution in [1.29, 1.82) is 0 Å². The zero-order valence-electron chi connectivity index (χ0n) is 10.6. The fourth-order valence-electron chi connectivity index (χ4n) is 1.53. The molecule has 1 aromatic heterocycles. The second-order valence-corrected chi connectivity index (χ2v) is 5.94. The molecule has 0 fully saturated rings. The van der Waals surface area contributed by atoms with Crippen LogP contribution < -0.4 is 10.5 Å².